The Kier molecular flexibility index (Phi) is 9.07. The number of non-ortho nitro benzene ring substituents is 1. The number of amides is 1. The molecule has 1 amide bonds. The van der Waals surface area contributed by atoms with Crippen LogP contribution in [-0.2, 0) is 10.0 Å². The molecule has 2 aromatic carbocycles. The van der Waals surface area contributed by atoms with Crippen LogP contribution >= 0.6 is 11.3 Å². The molecule has 1 aromatic heterocycles. The first kappa shape index (κ1) is 26.5. The van der Waals surface area contributed by atoms with Gasteiger partial charge in [0.25, 0.3) is 11.6 Å². The number of nitro groups is 1. The van der Waals surface area contributed by atoms with Gasteiger partial charge in [-0.25, -0.2) is 13.4 Å². The van der Waals surface area contributed by atoms with Crippen LogP contribution in [0.1, 0.15) is 49.9 Å². The summed E-state index contributed by atoms with van der Waals surface area (Å²) in [7, 11) is -3.64. The zero-order chi connectivity index (χ0) is 25.4. The summed E-state index contributed by atoms with van der Waals surface area (Å²) < 4.78 is 27.7. The third-order valence-corrected chi connectivity index (χ3v) is 8.02. The number of rotatable bonds is 12. The van der Waals surface area contributed by atoms with Gasteiger partial charge in [-0.15, -0.1) is 11.3 Å². The molecule has 35 heavy (non-hydrogen) atoms. The molecule has 1 heterocycles. The normalized spacial score (nSPS) is 11.5. The maximum atomic E-state index is 13.1. The summed E-state index contributed by atoms with van der Waals surface area (Å²) >= 11 is 1.19. The van der Waals surface area contributed by atoms with Crippen molar-refractivity contribution in [3.8, 4) is 11.3 Å². The van der Waals surface area contributed by atoms with Gasteiger partial charge in [0.05, 0.1) is 15.5 Å². The van der Waals surface area contributed by atoms with Gasteiger partial charge < -0.3 is 0 Å². The number of hydrogen-bond acceptors (Lipinski definition) is 7. The summed E-state index contributed by atoms with van der Waals surface area (Å²) in [4.78, 5) is 27.7. The Labute approximate surface area is 209 Å². The molecule has 9 nitrogen and oxygen atoms in total. The number of benzene rings is 2. The van der Waals surface area contributed by atoms with Crippen LogP contribution < -0.4 is 5.32 Å². The van der Waals surface area contributed by atoms with Crippen LogP contribution in [0, 0.1) is 10.1 Å². The Bertz CT molecular complexity index is 1270. The lowest BCUT2D eigenvalue weighted by molar-refractivity contribution is -0.384. The van der Waals surface area contributed by atoms with Gasteiger partial charge in [-0.3, -0.25) is 20.2 Å². The highest BCUT2D eigenvalue weighted by atomic mass is 32.2. The topological polar surface area (TPSA) is 123 Å². The van der Waals surface area contributed by atoms with Gasteiger partial charge in [0.2, 0.25) is 10.0 Å². The highest BCUT2D eigenvalue weighted by Gasteiger charge is 2.24. The van der Waals surface area contributed by atoms with Gasteiger partial charge in [0, 0.05) is 41.7 Å². The van der Waals surface area contributed by atoms with Gasteiger partial charge >= 0.3 is 0 Å². The number of carbonyl (C=O) groups excluding carboxylic acids is 1. The number of anilines is 1. The van der Waals surface area contributed by atoms with Crippen molar-refractivity contribution in [2.75, 3.05) is 18.4 Å². The second-order valence-corrected chi connectivity index (χ2v) is 10.7. The van der Waals surface area contributed by atoms with E-state index in [1.807, 2.05) is 13.8 Å². The van der Waals surface area contributed by atoms with Crippen molar-refractivity contribution in [3.63, 3.8) is 0 Å². The number of hydrogen-bond donors (Lipinski definition) is 1. The number of thiazole rings is 1. The van der Waals surface area contributed by atoms with Gasteiger partial charge in [-0.1, -0.05) is 38.8 Å². The van der Waals surface area contributed by atoms with Crippen molar-refractivity contribution < 1.29 is 18.1 Å². The number of nitro benzene ring substituents is 1. The fourth-order valence-corrected chi connectivity index (χ4v) is 5.59. The minimum atomic E-state index is -3.64. The Morgan fingerprint density at radius 1 is 1.09 bits per heavy atom. The third kappa shape index (κ3) is 6.71. The Morgan fingerprint density at radius 3 is 2.34 bits per heavy atom. The van der Waals surface area contributed by atoms with E-state index in [1.54, 1.807) is 17.5 Å². The first-order valence-electron chi connectivity index (χ1n) is 11.4. The lowest BCUT2D eigenvalue weighted by atomic mass is 10.1. The van der Waals surface area contributed by atoms with Crippen molar-refractivity contribution in [2.45, 2.75) is 44.4 Å². The van der Waals surface area contributed by atoms with E-state index in [0.29, 0.717) is 35.0 Å². The number of carbonyl (C=O) groups is 1. The molecule has 0 aliphatic heterocycles. The van der Waals surface area contributed by atoms with E-state index in [0.717, 1.165) is 25.7 Å². The molecular formula is C24H28N4O5S2. The first-order chi connectivity index (χ1) is 16.8. The monoisotopic (exact) mass is 516 g/mol. The molecule has 0 bridgehead atoms. The van der Waals surface area contributed by atoms with Crippen LogP contribution in [0.4, 0.5) is 10.8 Å². The van der Waals surface area contributed by atoms with E-state index >= 15 is 0 Å². The minimum Gasteiger partial charge on any atom is -0.298 e. The first-order valence-corrected chi connectivity index (χ1v) is 13.7. The maximum Gasteiger partial charge on any atom is 0.270 e. The molecule has 0 aliphatic rings. The van der Waals surface area contributed by atoms with Gasteiger partial charge in [0.15, 0.2) is 5.13 Å². The van der Waals surface area contributed by atoms with Crippen molar-refractivity contribution in [1.29, 1.82) is 0 Å². The number of sulfonamides is 1. The summed E-state index contributed by atoms with van der Waals surface area (Å²) in [5.41, 5.74) is 1.33. The lowest BCUT2D eigenvalue weighted by Gasteiger charge is -2.22. The molecule has 186 valence electrons. The second kappa shape index (κ2) is 12.0. The predicted octanol–water partition coefficient (Wildman–Crippen LogP) is 5.56. The van der Waals surface area contributed by atoms with Crippen LogP contribution in [0.15, 0.2) is 58.8 Å². The van der Waals surface area contributed by atoms with Crippen LogP contribution in [0.3, 0.4) is 0 Å². The van der Waals surface area contributed by atoms with Crippen LogP contribution in [0.2, 0.25) is 0 Å². The number of nitrogens with zero attached hydrogens (tertiary/aromatic N) is 3. The standard InChI is InChI=1S/C24H28N4O5S2/c1-3-5-14-27(15-6-4-2)35(32,33)21-12-10-18(11-13-21)23(29)26-24-25-22(17-34-24)19-8-7-9-20(16-19)28(30)31/h7-13,16-17H,3-6,14-15H2,1-2H3,(H,25,26,29). The molecule has 1 N–H and O–H groups in total. The van der Waals surface area contributed by atoms with E-state index < -0.39 is 20.9 Å². The maximum absolute atomic E-state index is 13.1. The predicted molar refractivity (Wildman–Crippen MR) is 137 cm³/mol. The van der Waals surface area contributed by atoms with Crippen molar-refractivity contribution in [1.82, 2.24) is 9.29 Å². The molecule has 0 atom stereocenters. The Balaban J connectivity index is 1.71. The number of nitrogens with one attached hydrogen (secondary N) is 1. The molecule has 0 spiro atoms. The van der Waals surface area contributed by atoms with Crippen LogP contribution in [-0.4, -0.2) is 41.6 Å². The summed E-state index contributed by atoms with van der Waals surface area (Å²) in [6.07, 6.45) is 3.37. The summed E-state index contributed by atoms with van der Waals surface area (Å²) in [6.45, 7) is 4.98. The largest absolute Gasteiger partial charge is 0.298 e. The number of aromatic nitrogens is 1. The highest BCUT2D eigenvalue weighted by molar-refractivity contribution is 7.89. The smallest absolute Gasteiger partial charge is 0.270 e. The molecular weight excluding hydrogens is 488 g/mol. The quantitative estimate of drug-likeness (QED) is 0.248. The van der Waals surface area contributed by atoms with Crippen molar-refractivity contribution in [2.24, 2.45) is 0 Å². The van der Waals surface area contributed by atoms with Gasteiger partial charge in [0.1, 0.15) is 0 Å². The van der Waals surface area contributed by atoms with Crippen molar-refractivity contribution in [3.05, 3.63) is 69.6 Å². The van der Waals surface area contributed by atoms with Crippen LogP contribution in [0.25, 0.3) is 11.3 Å². The summed E-state index contributed by atoms with van der Waals surface area (Å²) in [6, 6.07) is 12.0. The van der Waals surface area contributed by atoms with Crippen LogP contribution in [0.5, 0.6) is 0 Å². The van der Waals surface area contributed by atoms with E-state index in [4.69, 9.17) is 0 Å². The van der Waals surface area contributed by atoms with E-state index in [2.05, 4.69) is 10.3 Å². The minimum absolute atomic E-state index is 0.0425. The third-order valence-electron chi connectivity index (χ3n) is 5.35. The lowest BCUT2D eigenvalue weighted by Crippen LogP contribution is -2.33. The average molecular weight is 517 g/mol. The molecule has 0 saturated carbocycles. The zero-order valence-corrected chi connectivity index (χ0v) is 21.3. The Hall–Kier alpha value is -3.15. The van der Waals surface area contributed by atoms with E-state index in [1.165, 1.54) is 52.0 Å². The molecule has 0 unspecified atom stereocenters. The fourth-order valence-electron chi connectivity index (χ4n) is 3.36. The van der Waals surface area contributed by atoms with Gasteiger partial charge in [-0.05, 0) is 37.1 Å². The fraction of sp³-hybridized carbons (Fsp3) is 0.333. The molecule has 3 rings (SSSR count). The second-order valence-electron chi connectivity index (χ2n) is 7.94. The SMILES string of the molecule is CCCCN(CCCC)S(=O)(=O)c1ccc(C(=O)Nc2nc(-c3cccc([N+](=O)[O-])c3)cs2)cc1. The summed E-state index contributed by atoms with van der Waals surface area (Å²) in [5, 5.41) is 15.7. The number of unbranched alkanes of at least 4 members (excludes halogenated alkanes) is 2. The molecule has 0 fully saturated rings. The van der Waals surface area contributed by atoms with Crippen molar-refractivity contribution >= 4 is 38.1 Å². The Morgan fingerprint density at radius 2 is 1.74 bits per heavy atom. The molecule has 0 saturated heterocycles. The summed E-state index contributed by atoms with van der Waals surface area (Å²) in [5.74, 6) is -0.428. The molecule has 3 aromatic rings. The molecule has 11 heteroatoms. The zero-order valence-electron chi connectivity index (χ0n) is 19.6. The van der Waals surface area contributed by atoms with E-state index in [9.17, 15) is 23.3 Å². The average Bonchev–Trinajstić information content (AvgIpc) is 3.32. The van der Waals surface area contributed by atoms with E-state index in [-0.39, 0.29) is 10.6 Å². The molecule has 0 radical (unpaired) electrons. The van der Waals surface area contributed by atoms with Gasteiger partial charge in [-0.2, -0.15) is 4.31 Å². The highest BCUT2D eigenvalue weighted by Crippen LogP contribution is 2.28. The molecule has 0 aliphatic carbocycles.